The second-order valence-electron chi connectivity index (χ2n) is 8.38. The highest BCUT2D eigenvalue weighted by molar-refractivity contribution is 7.92. The summed E-state index contributed by atoms with van der Waals surface area (Å²) >= 11 is 6.10. The maximum Gasteiger partial charge on any atom is 0.338 e. The van der Waals surface area contributed by atoms with Gasteiger partial charge in [0.1, 0.15) is 5.69 Å². The number of carbonyl (C=O) groups excluding carboxylic acids is 2. The molecular weight excluding hydrogens is 508 g/mol. The lowest BCUT2D eigenvalue weighted by Gasteiger charge is -2.15. The Morgan fingerprint density at radius 2 is 1.75 bits per heavy atom. The normalized spacial score (nSPS) is 13.6. The van der Waals surface area contributed by atoms with Crippen molar-refractivity contribution < 1.29 is 22.7 Å². The number of anilines is 1. The Hall–Kier alpha value is -3.57. The summed E-state index contributed by atoms with van der Waals surface area (Å²) in [6.07, 6.45) is 1.80. The van der Waals surface area contributed by atoms with E-state index in [1.165, 1.54) is 15.4 Å². The van der Waals surface area contributed by atoms with E-state index in [1.54, 1.807) is 49.2 Å². The molecule has 1 saturated heterocycles. The third kappa shape index (κ3) is 5.17. The Labute approximate surface area is 213 Å². The van der Waals surface area contributed by atoms with Gasteiger partial charge in [0, 0.05) is 25.2 Å². The number of hydrogen-bond acceptors (Lipinski definition) is 6. The number of ether oxygens (including phenoxy) is 1. The summed E-state index contributed by atoms with van der Waals surface area (Å²) in [5.74, 6) is -1.20. The van der Waals surface area contributed by atoms with Gasteiger partial charge in [0.05, 0.1) is 21.8 Å². The van der Waals surface area contributed by atoms with Gasteiger partial charge in [-0.3, -0.25) is 19.0 Å². The summed E-state index contributed by atoms with van der Waals surface area (Å²) in [7, 11) is -2.67. The van der Waals surface area contributed by atoms with Crippen LogP contribution in [0.15, 0.2) is 58.2 Å². The minimum Gasteiger partial charge on any atom is -0.452 e. The van der Waals surface area contributed by atoms with E-state index in [0.717, 1.165) is 25.0 Å². The minimum absolute atomic E-state index is 0.0258. The lowest BCUT2D eigenvalue weighted by Crippen LogP contribution is -2.32. The van der Waals surface area contributed by atoms with Gasteiger partial charge in [-0.1, -0.05) is 29.8 Å². The Morgan fingerprint density at radius 1 is 1.08 bits per heavy atom. The number of hydrogen-bond donors (Lipinski definition) is 1. The standard InChI is InChI=1S/C24H25ClN4O6S/c1-16-22(23(31)29(27(16)2)19-8-4-3-5-9-19)26-36(33,34)20-13-17(12-18(25)14-20)24(32)35-15-21(30)28-10-6-7-11-28/h3-5,8-9,12-14,26H,6-7,10-11,15H2,1-2H3. The highest BCUT2D eigenvalue weighted by atomic mass is 35.5. The van der Waals surface area contributed by atoms with Crippen molar-refractivity contribution in [3.8, 4) is 5.69 Å². The van der Waals surface area contributed by atoms with Crippen molar-refractivity contribution in [2.75, 3.05) is 24.4 Å². The number of aromatic nitrogens is 2. The van der Waals surface area contributed by atoms with Crippen LogP contribution in [0.5, 0.6) is 0 Å². The van der Waals surface area contributed by atoms with Gasteiger partial charge in [0.15, 0.2) is 6.61 Å². The first kappa shape index (κ1) is 25.5. The van der Waals surface area contributed by atoms with Crippen LogP contribution in [-0.2, 0) is 26.6 Å². The molecule has 0 spiro atoms. The van der Waals surface area contributed by atoms with Crippen LogP contribution in [-0.4, -0.2) is 54.3 Å². The monoisotopic (exact) mass is 532 g/mol. The van der Waals surface area contributed by atoms with Gasteiger partial charge in [0.2, 0.25) is 0 Å². The molecule has 1 aliphatic rings. The summed E-state index contributed by atoms with van der Waals surface area (Å²) in [5, 5.41) is -0.0258. The number of likely N-dealkylation sites (tertiary alicyclic amines) is 1. The first-order valence-corrected chi connectivity index (χ1v) is 13.1. The molecule has 1 amide bonds. The molecule has 1 N–H and O–H groups in total. The fourth-order valence-corrected chi connectivity index (χ4v) is 5.47. The number of esters is 1. The molecule has 2 aromatic carbocycles. The van der Waals surface area contributed by atoms with Crippen LogP contribution in [0, 0.1) is 6.92 Å². The largest absolute Gasteiger partial charge is 0.452 e. The molecule has 1 fully saturated rings. The number of sulfonamides is 1. The molecule has 36 heavy (non-hydrogen) atoms. The molecule has 3 aromatic rings. The van der Waals surface area contributed by atoms with E-state index < -0.39 is 28.2 Å². The molecule has 0 atom stereocenters. The number of benzene rings is 2. The van der Waals surface area contributed by atoms with Crippen LogP contribution in [0.1, 0.15) is 28.9 Å². The molecule has 190 valence electrons. The molecule has 0 unspecified atom stereocenters. The van der Waals surface area contributed by atoms with E-state index in [9.17, 15) is 22.8 Å². The summed E-state index contributed by atoms with van der Waals surface area (Å²) in [6, 6.07) is 12.3. The van der Waals surface area contributed by atoms with Gasteiger partial charge in [-0.15, -0.1) is 0 Å². The van der Waals surface area contributed by atoms with Crippen molar-refractivity contribution in [2.24, 2.45) is 7.05 Å². The van der Waals surface area contributed by atoms with E-state index >= 15 is 0 Å². The van der Waals surface area contributed by atoms with E-state index in [1.807, 2.05) is 0 Å². The van der Waals surface area contributed by atoms with E-state index in [0.29, 0.717) is 24.5 Å². The Morgan fingerprint density at radius 3 is 2.42 bits per heavy atom. The summed E-state index contributed by atoms with van der Waals surface area (Å²) in [4.78, 5) is 39.1. The van der Waals surface area contributed by atoms with Gasteiger partial charge in [-0.2, -0.15) is 0 Å². The number of halogens is 1. The first-order chi connectivity index (χ1) is 17.1. The average Bonchev–Trinajstić information content (AvgIpc) is 3.46. The van der Waals surface area contributed by atoms with Crippen molar-refractivity contribution in [1.82, 2.24) is 14.3 Å². The SMILES string of the molecule is Cc1c(NS(=O)(=O)c2cc(Cl)cc(C(=O)OCC(=O)N3CCCC3)c2)c(=O)n(-c2ccccc2)n1C. The number of carbonyl (C=O) groups is 2. The quantitative estimate of drug-likeness (QED) is 0.467. The molecule has 0 radical (unpaired) electrons. The van der Waals surface area contributed by atoms with Gasteiger partial charge in [0.25, 0.3) is 21.5 Å². The topological polar surface area (TPSA) is 120 Å². The fourth-order valence-electron chi connectivity index (χ4n) is 3.98. The van der Waals surface area contributed by atoms with Gasteiger partial charge in [-0.05, 0) is 50.1 Å². The fraction of sp³-hybridized carbons (Fsp3) is 0.292. The number of amides is 1. The molecule has 0 bridgehead atoms. The summed E-state index contributed by atoms with van der Waals surface area (Å²) in [6.45, 7) is 2.39. The van der Waals surface area contributed by atoms with Crippen LogP contribution in [0.3, 0.4) is 0 Å². The zero-order valence-corrected chi connectivity index (χ0v) is 21.3. The van der Waals surface area contributed by atoms with E-state index in [2.05, 4.69) is 4.72 Å². The van der Waals surface area contributed by atoms with Crippen molar-refractivity contribution in [2.45, 2.75) is 24.7 Å². The third-order valence-corrected chi connectivity index (χ3v) is 7.54. The Kier molecular flexibility index (Phi) is 7.23. The average molecular weight is 533 g/mol. The predicted octanol–water partition coefficient (Wildman–Crippen LogP) is 2.72. The lowest BCUT2D eigenvalue weighted by molar-refractivity contribution is -0.133. The second kappa shape index (κ2) is 10.2. The maximum absolute atomic E-state index is 13.2. The first-order valence-electron chi connectivity index (χ1n) is 11.2. The predicted molar refractivity (Wildman–Crippen MR) is 134 cm³/mol. The van der Waals surface area contributed by atoms with Crippen molar-refractivity contribution in [3.63, 3.8) is 0 Å². The molecule has 1 aromatic heterocycles. The Balaban J connectivity index is 1.58. The van der Waals surface area contributed by atoms with Crippen molar-refractivity contribution >= 4 is 39.2 Å². The molecule has 4 rings (SSSR count). The van der Waals surface area contributed by atoms with Crippen LogP contribution >= 0.6 is 11.6 Å². The zero-order chi connectivity index (χ0) is 26.0. The number of nitrogens with one attached hydrogen (secondary N) is 1. The molecule has 1 aliphatic heterocycles. The minimum atomic E-state index is -4.31. The smallest absolute Gasteiger partial charge is 0.338 e. The molecule has 10 nitrogen and oxygen atoms in total. The molecule has 0 saturated carbocycles. The number of rotatable bonds is 7. The highest BCUT2D eigenvalue weighted by Gasteiger charge is 2.25. The van der Waals surface area contributed by atoms with Gasteiger partial charge >= 0.3 is 5.97 Å². The second-order valence-corrected chi connectivity index (χ2v) is 10.5. The maximum atomic E-state index is 13.2. The van der Waals surface area contributed by atoms with Gasteiger partial charge in [-0.25, -0.2) is 17.9 Å². The van der Waals surface area contributed by atoms with Crippen LogP contribution < -0.4 is 10.3 Å². The van der Waals surface area contributed by atoms with Crippen molar-refractivity contribution in [1.29, 1.82) is 0 Å². The van der Waals surface area contributed by atoms with E-state index in [4.69, 9.17) is 16.3 Å². The molecule has 0 aliphatic carbocycles. The third-order valence-electron chi connectivity index (χ3n) is 5.99. The zero-order valence-electron chi connectivity index (χ0n) is 19.7. The highest BCUT2D eigenvalue weighted by Crippen LogP contribution is 2.23. The lowest BCUT2D eigenvalue weighted by atomic mass is 10.2. The van der Waals surface area contributed by atoms with Crippen LogP contribution in [0.4, 0.5) is 5.69 Å². The number of para-hydroxylation sites is 1. The number of nitrogens with zero attached hydrogens (tertiary/aromatic N) is 3. The Bertz CT molecular complexity index is 1470. The molecule has 12 heteroatoms. The van der Waals surface area contributed by atoms with E-state index in [-0.39, 0.29) is 27.1 Å². The van der Waals surface area contributed by atoms with Crippen molar-refractivity contribution in [3.05, 3.63) is 75.2 Å². The molecular formula is C24H25ClN4O6S. The van der Waals surface area contributed by atoms with Crippen LogP contribution in [0.2, 0.25) is 5.02 Å². The van der Waals surface area contributed by atoms with Gasteiger partial charge < -0.3 is 9.64 Å². The summed E-state index contributed by atoms with van der Waals surface area (Å²) < 4.78 is 36.7. The van der Waals surface area contributed by atoms with Crippen LogP contribution in [0.25, 0.3) is 5.69 Å². The molecule has 2 heterocycles. The summed E-state index contributed by atoms with van der Waals surface area (Å²) in [5.41, 5.74) is 0.112.